The minimum absolute atomic E-state index is 0.309. The third-order valence-corrected chi connectivity index (χ3v) is 3.26. The van der Waals surface area contributed by atoms with Crippen molar-refractivity contribution in [2.45, 2.75) is 19.8 Å². The first-order valence-corrected chi connectivity index (χ1v) is 7.06. The first-order chi connectivity index (χ1) is 10.3. The van der Waals surface area contributed by atoms with Crippen LogP contribution in [0.15, 0.2) is 64.3 Å². The van der Waals surface area contributed by atoms with Crippen LogP contribution in [-0.4, -0.2) is 5.97 Å². The zero-order valence-corrected chi connectivity index (χ0v) is 11.8. The maximum Gasteiger partial charge on any atom is 0.343 e. The average Bonchev–Trinajstić information content (AvgIpc) is 3.09. The van der Waals surface area contributed by atoms with Crippen LogP contribution in [0, 0.1) is 0 Å². The molecule has 3 nitrogen and oxygen atoms in total. The van der Waals surface area contributed by atoms with Crippen molar-refractivity contribution < 1.29 is 13.9 Å². The lowest BCUT2D eigenvalue weighted by Gasteiger charge is -1.96. The molecule has 2 heterocycles. The second kappa shape index (κ2) is 5.83. The van der Waals surface area contributed by atoms with Crippen molar-refractivity contribution >= 4 is 12.0 Å². The first kappa shape index (κ1) is 13.4. The van der Waals surface area contributed by atoms with Gasteiger partial charge in [0.15, 0.2) is 0 Å². The summed E-state index contributed by atoms with van der Waals surface area (Å²) in [4.78, 5) is 11.8. The van der Waals surface area contributed by atoms with Crippen LogP contribution in [0.5, 0.6) is 0 Å². The molecule has 2 aromatic rings. The minimum atomic E-state index is -0.309. The summed E-state index contributed by atoms with van der Waals surface area (Å²) in [5.74, 6) is 1.85. The van der Waals surface area contributed by atoms with Crippen molar-refractivity contribution in [3.05, 3.63) is 65.6 Å². The largest absolute Gasteiger partial charge is 0.457 e. The van der Waals surface area contributed by atoms with Crippen LogP contribution in [0.3, 0.4) is 0 Å². The summed E-state index contributed by atoms with van der Waals surface area (Å²) in [5.41, 5.74) is 1.55. The maximum absolute atomic E-state index is 11.8. The SMILES string of the molecule is CCCC1=CC(=Cc2ccc(-c3ccccc3)o2)C(=O)O1. The minimum Gasteiger partial charge on any atom is -0.457 e. The molecule has 21 heavy (non-hydrogen) atoms. The lowest BCUT2D eigenvalue weighted by Crippen LogP contribution is -1.96. The third-order valence-electron chi connectivity index (χ3n) is 3.26. The van der Waals surface area contributed by atoms with E-state index in [1.165, 1.54) is 0 Å². The van der Waals surface area contributed by atoms with Crippen LogP contribution < -0.4 is 0 Å². The molecule has 0 amide bonds. The van der Waals surface area contributed by atoms with Gasteiger partial charge in [-0.1, -0.05) is 37.3 Å². The molecule has 0 saturated heterocycles. The normalized spacial score (nSPS) is 16.1. The smallest absolute Gasteiger partial charge is 0.343 e. The number of ether oxygens (including phenoxy) is 1. The lowest BCUT2D eigenvalue weighted by molar-refractivity contribution is -0.133. The van der Waals surface area contributed by atoms with Gasteiger partial charge in [-0.2, -0.15) is 0 Å². The van der Waals surface area contributed by atoms with Gasteiger partial charge in [0.2, 0.25) is 0 Å². The molecule has 3 rings (SSSR count). The fraction of sp³-hybridized carbons (Fsp3) is 0.167. The van der Waals surface area contributed by atoms with Gasteiger partial charge in [-0.3, -0.25) is 0 Å². The fourth-order valence-corrected chi connectivity index (χ4v) is 2.25. The number of cyclic esters (lactones) is 1. The van der Waals surface area contributed by atoms with E-state index in [2.05, 4.69) is 6.92 Å². The van der Waals surface area contributed by atoms with Crippen LogP contribution in [-0.2, 0) is 9.53 Å². The zero-order valence-electron chi connectivity index (χ0n) is 11.8. The number of esters is 1. The second-order valence-corrected chi connectivity index (χ2v) is 4.92. The summed E-state index contributed by atoms with van der Waals surface area (Å²) in [6.07, 6.45) is 5.23. The topological polar surface area (TPSA) is 39.4 Å². The Hall–Kier alpha value is -2.55. The summed E-state index contributed by atoms with van der Waals surface area (Å²) in [6.45, 7) is 2.05. The van der Waals surface area contributed by atoms with Crippen molar-refractivity contribution in [3.63, 3.8) is 0 Å². The highest BCUT2D eigenvalue weighted by molar-refractivity contribution is 5.99. The number of hydrogen-bond acceptors (Lipinski definition) is 3. The number of benzene rings is 1. The molecule has 0 fully saturated rings. The van der Waals surface area contributed by atoms with Gasteiger partial charge in [0, 0.05) is 12.0 Å². The lowest BCUT2D eigenvalue weighted by atomic mass is 10.2. The molecule has 0 atom stereocenters. The molecule has 0 spiro atoms. The van der Waals surface area contributed by atoms with E-state index in [0.717, 1.165) is 29.9 Å². The van der Waals surface area contributed by atoms with Gasteiger partial charge >= 0.3 is 5.97 Å². The summed E-state index contributed by atoms with van der Waals surface area (Å²) < 4.78 is 11.0. The van der Waals surface area contributed by atoms with Gasteiger partial charge < -0.3 is 9.15 Å². The van der Waals surface area contributed by atoms with Gasteiger partial charge in [-0.15, -0.1) is 0 Å². The van der Waals surface area contributed by atoms with E-state index < -0.39 is 0 Å². The molecular formula is C18H16O3. The molecule has 3 heteroatoms. The molecular weight excluding hydrogens is 264 g/mol. The van der Waals surface area contributed by atoms with Crippen molar-refractivity contribution in [1.29, 1.82) is 0 Å². The Morgan fingerprint density at radius 2 is 1.90 bits per heavy atom. The van der Waals surface area contributed by atoms with Crippen LogP contribution >= 0.6 is 0 Å². The predicted molar refractivity (Wildman–Crippen MR) is 81.2 cm³/mol. The van der Waals surface area contributed by atoms with Gasteiger partial charge in [-0.25, -0.2) is 4.79 Å². The summed E-state index contributed by atoms with van der Waals surface area (Å²) in [7, 11) is 0. The Labute approximate surface area is 123 Å². The second-order valence-electron chi connectivity index (χ2n) is 4.92. The molecule has 1 aliphatic rings. The van der Waals surface area contributed by atoms with Gasteiger partial charge in [0.1, 0.15) is 17.3 Å². The number of furan rings is 1. The molecule has 0 N–H and O–H groups in total. The van der Waals surface area contributed by atoms with Crippen molar-refractivity contribution in [3.8, 4) is 11.3 Å². The predicted octanol–water partition coefficient (Wildman–Crippen LogP) is 4.57. The van der Waals surface area contributed by atoms with E-state index in [1.807, 2.05) is 42.5 Å². The van der Waals surface area contributed by atoms with Crippen LogP contribution in [0.1, 0.15) is 25.5 Å². The van der Waals surface area contributed by atoms with Crippen molar-refractivity contribution in [2.75, 3.05) is 0 Å². The number of allylic oxidation sites excluding steroid dienone is 1. The molecule has 0 unspecified atom stereocenters. The van der Waals surface area contributed by atoms with Gasteiger partial charge in [0.05, 0.1) is 5.57 Å². The zero-order chi connectivity index (χ0) is 14.7. The average molecular weight is 280 g/mol. The Morgan fingerprint density at radius 3 is 2.67 bits per heavy atom. The molecule has 106 valence electrons. The molecule has 1 aromatic heterocycles. The third kappa shape index (κ3) is 2.97. The first-order valence-electron chi connectivity index (χ1n) is 7.06. The Morgan fingerprint density at radius 1 is 1.10 bits per heavy atom. The van der Waals surface area contributed by atoms with Gasteiger partial charge in [-0.05, 0) is 30.7 Å². The van der Waals surface area contributed by atoms with Crippen LogP contribution in [0.25, 0.3) is 17.4 Å². The highest BCUT2D eigenvalue weighted by Crippen LogP contribution is 2.26. The van der Waals surface area contributed by atoms with Gasteiger partial charge in [0.25, 0.3) is 0 Å². The Bertz CT molecular complexity index is 705. The Balaban J connectivity index is 1.84. The number of rotatable bonds is 4. The molecule has 1 aliphatic heterocycles. The number of carbonyl (C=O) groups is 1. The van der Waals surface area contributed by atoms with E-state index in [-0.39, 0.29) is 5.97 Å². The molecule has 1 aromatic carbocycles. The highest BCUT2D eigenvalue weighted by atomic mass is 16.5. The molecule has 0 radical (unpaired) electrons. The molecule has 0 aliphatic carbocycles. The summed E-state index contributed by atoms with van der Waals surface area (Å²) >= 11 is 0. The number of carbonyl (C=O) groups excluding carboxylic acids is 1. The molecule has 0 bridgehead atoms. The summed E-state index contributed by atoms with van der Waals surface area (Å²) in [6, 6.07) is 13.6. The highest BCUT2D eigenvalue weighted by Gasteiger charge is 2.20. The number of hydrogen-bond donors (Lipinski definition) is 0. The van der Waals surface area contributed by atoms with E-state index in [9.17, 15) is 4.79 Å². The molecule has 0 saturated carbocycles. The van der Waals surface area contributed by atoms with E-state index in [1.54, 1.807) is 12.2 Å². The summed E-state index contributed by atoms with van der Waals surface area (Å²) in [5, 5.41) is 0. The van der Waals surface area contributed by atoms with Crippen LogP contribution in [0.2, 0.25) is 0 Å². The fourth-order valence-electron chi connectivity index (χ4n) is 2.25. The quantitative estimate of drug-likeness (QED) is 0.608. The standard InChI is InChI=1S/C18H16O3/c1-2-6-15-11-14(18(19)21-15)12-16-9-10-17(20-16)13-7-4-3-5-8-13/h3-5,7-12H,2,6H2,1H3. The maximum atomic E-state index is 11.8. The van der Waals surface area contributed by atoms with Crippen molar-refractivity contribution in [2.24, 2.45) is 0 Å². The van der Waals surface area contributed by atoms with Crippen molar-refractivity contribution in [1.82, 2.24) is 0 Å². The van der Waals surface area contributed by atoms with E-state index in [0.29, 0.717) is 11.3 Å². The van der Waals surface area contributed by atoms with E-state index >= 15 is 0 Å². The van der Waals surface area contributed by atoms with Crippen LogP contribution in [0.4, 0.5) is 0 Å². The Kier molecular flexibility index (Phi) is 3.73. The van der Waals surface area contributed by atoms with E-state index in [4.69, 9.17) is 9.15 Å². The monoisotopic (exact) mass is 280 g/mol.